The Labute approximate surface area is 147 Å². The van der Waals surface area contributed by atoms with E-state index in [2.05, 4.69) is 43.0 Å². The number of nitrogens with zero attached hydrogens (tertiary/aromatic N) is 3. The number of benzene rings is 1. The fourth-order valence-electron chi connectivity index (χ4n) is 2.27. The largest absolute Gasteiger partial charge is 0.364 e. The van der Waals surface area contributed by atoms with Gasteiger partial charge in [-0.15, -0.1) is 11.3 Å². The molecule has 0 N–H and O–H groups in total. The van der Waals surface area contributed by atoms with E-state index < -0.39 is 0 Å². The van der Waals surface area contributed by atoms with Gasteiger partial charge in [-0.1, -0.05) is 30.3 Å². The van der Waals surface area contributed by atoms with Crippen LogP contribution >= 0.6 is 11.3 Å². The van der Waals surface area contributed by atoms with Crippen LogP contribution in [-0.4, -0.2) is 13.1 Å². The Kier molecular flexibility index (Phi) is 6.37. The zero-order valence-electron chi connectivity index (χ0n) is 13.9. The molecule has 3 nitrogen and oxygen atoms in total. The van der Waals surface area contributed by atoms with Gasteiger partial charge in [0.25, 0.3) is 0 Å². The van der Waals surface area contributed by atoms with Crippen molar-refractivity contribution in [1.29, 1.82) is 10.5 Å². The lowest BCUT2D eigenvalue weighted by Crippen LogP contribution is -2.20. The van der Waals surface area contributed by atoms with Crippen LogP contribution in [0.2, 0.25) is 0 Å². The lowest BCUT2D eigenvalue weighted by molar-refractivity contribution is 0.876. The summed E-state index contributed by atoms with van der Waals surface area (Å²) in [6.07, 6.45) is 5.77. The summed E-state index contributed by atoms with van der Waals surface area (Å²) in [6.45, 7) is 6.36. The van der Waals surface area contributed by atoms with Crippen molar-refractivity contribution in [1.82, 2.24) is 0 Å². The van der Waals surface area contributed by atoms with Gasteiger partial charge in [-0.05, 0) is 49.3 Å². The Bertz CT molecular complexity index is 794. The molecule has 1 aromatic heterocycles. The second kappa shape index (κ2) is 8.72. The summed E-state index contributed by atoms with van der Waals surface area (Å²) in [5, 5.41) is 18.8. The second-order valence-corrected chi connectivity index (χ2v) is 6.22. The van der Waals surface area contributed by atoms with Crippen molar-refractivity contribution in [3.05, 3.63) is 58.0 Å². The molecule has 2 rings (SSSR count). The minimum absolute atomic E-state index is 0.112. The summed E-state index contributed by atoms with van der Waals surface area (Å²) >= 11 is 1.78. The summed E-state index contributed by atoms with van der Waals surface area (Å²) in [5.74, 6) is 0. The predicted molar refractivity (Wildman–Crippen MR) is 102 cm³/mol. The molecular formula is C20H19N3S. The molecule has 0 aliphatic heterocycles. The number of hydrogen-bond donors (Lipinski definition) is 0. The van der Waals surface area contributed by atoms with E-state index in [0.717, 1.165) is 24.2 Å². The van der Waals surface area contributed by atoms with Gasteiger partial charge in [-0.2, -0.15) is 10.5 Å². The molecule has 24 heavy (non-hydrogen) atoms. The minimum atomic E-state index is 0.112. The van der Waals surface area contributed by atoms with Gasteiger partial charge in [0.05, 0.1) is 5.00 Å². The summed E-state index contributed by atoms with van der Waals surface area (Å²) in [7, 11) is 0. The van der Waals surface area contributed by atoms with Gasteiger partial charge in [-0.3, -0.25) is 0 Å². The van der Waals surface area contributed by atoms with Crippen LogP contribution in [0, 0.1) is 22.7 Å². The number of hydrogen-bond acceptors (Lipinski definition) is 4. The topological polar surface area (TPSA) is 50.8 Å². The van der Waals surface area contributed by atoms with Crippen molar-refractivity contribution in [3.63, 3.8) is 0 Å². The van der Waals surface area contributed by atoms with E-state index in [1.807, 2.05) is 36.4 Å². The molecule has 4 heteroatoms. The summed E-state index contributed by atoms with van der Waals surface area (Å²) < 4.78 is 0. The number of thiophene rings is 1. The van der Waals surface area contributed by atoms with Crippen molar-refractivity contribution < 1.29 is 0 Å². The number of nitriles is 2. The van der Waals surface area contributed by atoms with Crippen LogP contribution in [0.5, 0.6) is 0 Å². The molecule has 0 saturated heterocycles. The summed E-state index contributed by atoms with van der Waals surface area (Å²) in [5.41, 5.74) is 2.05. The van der Waals surface area contributed by atoms with Gasteiger partial charge in [-0.25, -0.2) is 0 Å². The average Bonchev–Trinajstić information content (AvgIpc) is 3.09. The predicted octanol–water partition coefficient (Wildman–Crippen LogP) is 5.20. The fraction of sp³-hybridized carbons (Fsp3) is 0.200. The van der Waals surface area contributed by atoms with Crippen LogP contribution < -0.4 is 4.90 Å². The molecule has 0 spiro atoms. The highest BCUT2D eigenvalue weighted by Crippen LogP contribution is 2.27. The average molecular weight is 333 g/mol. The first-order chi connectivity index (χ1) is 11.7. The Morgan fingerprint density at radius 2 is 1.58 bits per heavy atom. The quantitative estimate of drug-likeness (QED) is 0.683. The summed E-state index contributed by atoms with van der Waals surface area (Å²) in [4.78, 5) is 3.56. The molecule has 0 fully saturated rings. The van der Waals surface area contributed by atoms with Crippen molar-refractivity contribution in [2.45, 2.75) is 13.8 Å². The molecule has 0 saturated carbocycles. The SMILES string of the molecule is CCN(CC)c1ccc(/C=C/c2ccc(C=C(C#N)C#N)cc2)s1. The molecule has 0 radical (unpaired) electrons. The third kappa shape index (κ3) is 4.59. The van der Waals surface area contributed by atoms with Crippen molar-refractivity contribution in [2.24, 2.45) is 0 Å². The first-order valence-corrected chi connectivity index (χ1v) is 8.66. The number of rotatable bonds is 6. The van der Waals surface area contributed by atoms with Gasteiger partial charge in [0.1, 0.15) is 17.7 Å². The normalized spacial score (nSPS) is 10.2. The van der Waals surface area contributed by atoms with E-state index >= 15 is 0 Å². The first kappa shape index (κ1) is 17.5. The smallest absolute Gasteiger partial charge is 0.130 e. The van der Waals surface area contributed by atoms with E-state index in [9.17, 15) is 0 Å². The zero-order valence-corrected chi connectivity index (χ0v) is 14.7. The van der Waals surface area contributed by atoms with Gasteiger partial charge in [0.15, 0.2) is 0 Å². The minimum Gasteiger partial charge on any atom is -0.364 e. The van der Waals surface area contributed by atoms with Gasteiger partial charge >= 0.3 is 0 Å². The van der Waals surface area contributed by atoms with Gasteiger partial charge < -0.3 is 4.90 Å². The molecule has 0 amide bonds. The number of allylic oxidation sites excluding steroid dienone is 1. The molecule has 1 heterocycles. The third-order valence-electron chi connectivity index (χ3n) is 3.62. The standard InChI is InChI=1S/C20H19N3S/c1-3-23(4-2)20-12-11-19(24-20)10-9-16-5-7-17(8-6-16)13-18(14-21)15-22/h5-13H,3-4H2,1-2H3/b10-9+. The molecular weight excluding hydrogens is 314 g/mol. The highest BCUT2D eigenvalue weighted by atomic mass is 32.1. The molecule has 120 valence electrons. The molecule has 2 aromatic rings. The number of anilines is 1. The first-order valence-electron chi connectivity index (χ1n) is 7.85. The second-order valence-electron chi connectivity index (χ2n) is 5.13. The van der Waals surface area contributed by atoms with Crippen LogP contribution in [0.1, 0.15) is 29.9 Å². The van der Waals surface area contributed by atoms with E-state index in [4.69, 9.17) is 10.5 Å². The highest BCUT2D eigenvalue weighted by Gasteiger charge is 2.04. The lowest BCUT2D eigenvalue weighted by Gasteiger charge is -2.17. The Balaban J connectivity index is 2.09. The van der Waals surface area contributed by atoms with Gasteiger partial charge in [0.2, 0.25) is 0 Å². The maximum absolute atomic E-state index is 8.77. The highest BCUT2D eigenvalue weighted by molar-refractivity contribution is 7.17. The fourth-order valence-corrected chi connectivity index (χ4v) is 3.31. The van der Waals surface area contributed by atoms with Crippen LogP contribution in [0.15, 0.2) is 42.0 Å². The Morgan fingerprint density at radius 1 is 0.958 bits per heavy atom. The maximum Gasteiger partial charge on any atom is 0.130 e. The molecule has 0 unspecified atom stereocenters. The van der Waals surface area contributed by atoms with Crippen LogP contribution in [0.3, 0.4) is 0 Å². The van der Waals surface area contributed by atoms with E-state index in [1.165, 1.54) is 9.88 Å². The zero-order chi connectivity index (χ0) is 17.4. The Hall–Kier alpha value is -2.82. The monoisotopic (exact) mass is 333 g/mol. The van der Waals surface area contributed by atoms with Crippen molar-refractivity contribution >= 4 is 34.6 Å². The molecule has 0 aliphatic rings. The van der Waals surface area contributed by atoms with Crippen molar-refractivity contribution in [3.8, 4) is 12.1 Å². The maximum atomic E-state index is 8.77. The van der Waals surface area contributed by atoms with E-state index in [1.54, 1.807) is 17.4 Å². The molecule has 1 aromatic carbocycles. The van der Waals surface area contributed by atoms with Crippen LogP contribution in [0.25, 0.3) is 18.2 Å². The summed E-state index contributed by atoms with van der Waals surface area (Å²) in [6, 6.07) is 15.8. The van der Waals surface area contributed by atoms with Gasteiger partial charge in [0, 0.05) is 18.0 Å². The molecule has 0 aliphatic carbocycles. The van der Waals surface area contributed by atoms with E-state index in [-0.39, 0.29) is 5.57 Å². The van der Waals surface area contributed by atoms with Crippen LogP contribution in [-0.2, 0) is 0 Å². The van der Waals surface area contributed by atoms with Crippen LogP contribution in [0.4, 0.5) is 5.00 Å². The lowest BCUT2D eigenvalue weighted by atomic mass is 10.1. The molecule has 0 bridgehead atoms. The Morgan fingerprint density at radius 3 is 2.17 bits per heavy atom. The van der Waals surface area contributed by atoms with E-state index in [0.29, 0.717) is 0 Å². The third-order valence-corrected chi connectivity index (χ3v) is 4.73. The van der Waals surface area contributed by atoms with Crippen molar-refractivity contribution in [2.75, 3.05) is 18.0 Å². The molecule has 0 atom stereocenters.